The summed E-state index contributed by atoms with van der Waals surface area (Å²) < 4.78 is 4.93. The Bertz CT molecular complexity index is 250. The lowest BCUT2D eigenvalue weighted by molar-refractivity contribution is -0.122. The molecule has 0 aliphatic rings. The van der Waals surface area contributed by atoms with E-state index in [0.717, 1.165) is 5.13 Å². The number of nitrogens with one attached hydrogen (secondary N) is 1. The summed E-state index contributed by atoms with van der Waals surface area (Å²) in [6, 6.07) is 0. The van der Waals surface area contributed by atoms with Gasteiger partial charge in [0.05, 0.1) is 6.61 Å². The fourth-order valence-corrected chi connectivity index (χ4v) is 1.27. The molecule has 0 aliphatic carbocycles. The first-order valence-corrected chi connectivity index (χ1v) is 4.66. The standard InChI is InChI=1S/C7H11N3O2S/c8-6(11)5-12-3-1-9-7-10-2-4-13-7/h2,4H,1,3,5H2,(H2,8,11)(H,9,10). The Hall–Kier alpha value is -1.14. The summed E-state index contributed by atoms with van der Waals surface area (Å²) in [6.07, 6.45) is 1.72. The van der Waals surface area contributed by atoms with E-state index in [1.807, 2.05) is 5.38 Å². The van der Waals surface area contributed by atoms with Crippen molar-refractivity contribution in [3.05, 3.63) is 11.6 Å². The Morgan fingerprint density at radius 3 is 3.23 bits per heavy atom. The van der Waals surface area contributed by atoms with Crippen molar-refractivity contribution in [2.24, 2.45) is 5.73 Å². The van der Waals surface area contributed by atoms with Gasteiger partial charge in [-0.05, 0) is 0 Å². The van der Waals surface area contributed by atoms with Gasteiger partial charge in [0.15, 0.2) is 5.13 Å². The van der Waals surface area contributed by atoms with Crippen LogP contribution in [0.1, 0.15) is 0 Å². The minimum Gasteiger partial charge on any atom is -0.370 e. The second-order valence-corrected chi connectivity index (χ2v) is 3.18. The number of hydrogen-bond donors (Lipinski definition) is 2. The van der Waals surface area contributed by atoms with E-state index in [4.69, 9.17) is 10.5 Å². The predicted molar refractivity (Wildman–Crippen MR) is 50.6 cm³/mol. The SMILES string of the molecule is NC(=O)COCCNc1nccs1. The largest absolute Gasteiger partial charge is 0.370 e. The number of nitrogens with two attached hydrogens (primary N) is 1. The molecule has 1 rings (SSSR count). The van der Waals surface area contributed by atoms with Crippen LogP contribution in [0.4, 0.5) is 5.13 Å². The number of primary amides is 1. The smallest absolute Gasteiger partial charge is 0.243 e. The molecule has 13 heavy (non-hydrogen) atoms. The molecule has 0 spiro atoms. The first kappa shape index (κ1) is 9.94. The molecule has 0 atom stereocenters. The van der Waals surface area contributed by atoms with Crippen LogP contribution in [0.25, 0.3) is 0 Å². The van der Waals surface area contributed by atoms with Gasteiger partial charge in [-0.1, -0.05) is 0 Å². The minimum absolute atomic E-state index is 0.0282. The van der Waals surface area contributed by atoms with Crippen LogP contribution in [0.2, 0.25) is 0 Å². The average molecular weight is 201 g/mol. The highest BCUT2D eigenvalue weighted by molar-refractivity contribution is 7.13. The zero-order chi connectivity index (χ0) is 9.52. The zero-order valence-corrected chi connectivity index (χ0v) is 7.84. The molecule has 0 saturated heterocycles. The Morgan fingerprint density at radius 1 is 1.77 bits per heavy atom. The highest BCUT2D eigenvalue weighted by Gasteiger charge is 1.95. The number of aromatic nitrogens is 1. The summed E-state index contributed by atoms with van der Waals surface area (Å²) in [6.45, 7) is 1.04. The van der Waals surface area contributed by atoms with Gasteiger partial charge in [-0.15, -0.1) is 11.3 Å². The van der Waals surface area contributed by atoms with Crippen LogP contribution in [0.5, 0.6) is 0 Å². The van der Waals surface area contributed by atoms with Crippen molar-refractivity contribution in [3.8, 4) is 0 Å². The van der Waals surface area contributed by atoms with Crippen LogP contribution < -0.4 is 11.1 Å². The maximum Gasteiger partial charge on any atom is 0.243 e. The highest BCUT2D eigenvalue weighted by Crippen LogP contribution is 2.08. The Kier molecular flexibility index (Phi) is 4.20. The third-order valence-corrected chi connectivity index (χ3v) is 1.93. The van der Waals surface area contributed by atoms with Crippen molar-refractivity contribution >= 4 is 22.4 Å². The molecule has 72 valence electrons. The number of ether oxygens (including phenoxy) is 1. The Labute approximate surface area is 79.9 Å². The lowest BCUT2D eigenvalue weighted by Gasteiger charge is -2.02. The number of amides is 1. The highest BCUT2D eigenvalue weighted by atomic mass is 32.1. The molecule has 0 radical (unpaired) electrons. The summed E-state index contributed by atoms with van der Waals surface area (Å²) in [5.41, 5.74) is 4.87. The monoisotopic (exact) mass is 201 g/mol. The summed E-state index contributed by atoms with van der Waals surface area (Å²) in [5, 5.41) is 5.76. The number of anilines is 1. The molecular formula is C7H11N3O2S. The van der Waals surface area contributed by atoms with Gasteiger partial charge in [-0.25, -0.2) is 4.98 Å². The van der Waals surface area contributed by atoms with Gasteiger partial charge in [0.2, 0.25) is 5.91 Å². The van der Waals surface area contributed by atoms with Crippen molar-refractivity contribution < 1.29 is 9.53 Å². The number of hydrogen-bond acceptors (Lipinski definition) is 5. The fraction of sp³-hybridized carbons (Fsp3) is 0.429. The van der Waals surface area contributed by atoms with Crippen LogP contribution in [0.15, 0.2) is 11.6 Å². The maximum absolute atomic E-state index is 10.3. The summed E-state index contributed by atoms with van der Waals surface area (Å²) >= 11 is 1.52. The van der Waals surface area contributed by atoms with Gasteiger partial charge >= 0.3 is 0 Å². The number of nitrogens with zero attached hydrogens (tertiary/aromatic N) is 1. The van der Waals surface area contributed by atoms with Gasteiger partial charge in [0.1, 0.15) is 6.61 Å². The molecular weight excluding hydrogens is 190 g/mol. The maximum atomic E-state index is 10.3. The Morgan fingerprint density at radius 2 is 2.62 bits per heavy atom. The number of carbonyl (C=O) groups excluding carboxylic acids is 1. The molecule has 1 aromatic rings. The number of rotatable bonds is 6. The third-order valence-electron chi connectivity index (χ3n) is 1.20. The second-order valence-electron chi connectivity index (χ2n) is 2.28. The molecule has 0 aromatic carbocycles. The van der Waals surface area contributed by atoms with E-state index in [9.17, 15) is 4.79 Å². The topological polar surface area (TPSA) is 77.2 Å². The molecule has 0 bridgehead atoms. The minimum atomic E-state index is -0.450. The second kappa shape index (κ2) is 5.50. The first-order valence-electron chi connectivity index (χ1n) is 3.78. The molecule has 6 heteroatoms. The molecule has 3 N–H and O–H groups in total. The van der Waals surface area contributed by atoms with E-state index < -0.39 is 5.91 Å². The molecule has 0 unspecified atom stereocenters. The molecule has 0 saturated carbocycles. The molecule has 0 aliphatic heterocycles. The third kappa shape index (κ3) is 4.44. The van der Waals surface area contributed by atoms with Crippen molar-refractivity contribution in [2.45, 2.75) is 0 Å². The van der Waals surface area contributed by atoms with Crippen LogP contribution in [0.3, 0.4) is 0 Å². The average Bonchev–Trinajstić information content (AvgIpc) is 2.55. The van der Waals surface area contributed by atoms with Crippen LogP contribution in [-0.2, 0) is 9.53 Å². The Balaban J connectivity index is 1.99. The van der Waals surface area contributed by atoms with Crippen molar-refractivity contribution in [2.75, 3.05) is 25.1 Å². The fourth-order valence-electron chi connectivity index (χ4n) is 0.714. The van der Waals surface area contributed by atoms with Gasteiger partial charge < -0.3 is 15.8 Å². The van der Waals surface area contributed by atoms with E-state index in [2.05, 4.69) is 10.3 Å². The normalized spacial score (nSPS) is 9.85. The van der Waals surface area contributed by atoms with E-state index in [0.29, 0.717) is 13.2 Å². The van der Waals surface area contributed by atoms with E-state index in [1.165, 1.54) is 11.3 Å². The van der Waals surface area contributed by atoms with Crippen LogP contribution in [-0.4, -0.2) is 30.6 Å². The molecule has 5 nitrogen and oxygen atoms in total. The predicted octanol–water partition coefficient (Wildman–Crippen LogP) is 0.0569. The lowest BCUT2D eigenvalue weighted by Crippen LogP contribution is -2.20. The summed E-state index contributed by atoms with van der Waals surface area (Å²) in [5.74, 6) is -0.450. The van der Waals surface area contributed by atoms with Gasteiger partial charge in [0, 0.05) is 18.1 Å². The first-order chi connectivity index (χ1) is 6.29. The van der Waals surface area contributed by atoms with Crippen molar-refractivity contribution in [1.29, 1.82) is 0 Å². The van der Waals surface area contributed by atoms with Gasteiger partial charge in [-0.3, -0.25) is 4.79 Å². The molecule has 1 heterocycles. The lowest BCUT2D eigenvalue weighted by atomic mass is 10.6. The van der Waals surface area contributed by atoms with Gasteiger partial charge in [0.25, 0.3) is 0 Å². The van der Waals surface area contributed by atoms with E-state index >= 15 is 0 Å². The van der Waals surface area contributed by atoms with Crippen LogP contribution in [0, 0.1) is 0 Å². The number of thiazole rings is 1. The molecule has 1 aromatic heterocycles. The summed E-state index contributed by atoms with van der Waals surface area (Å²) in [7, 11) is 0. The van der Waals surface area contributed by atoms with Crippen molar-refractivity contribution in [1.82, 2.24) is 4.98 Å². The zero-order valence-electron chi connectivity index (χ0n) is 7.03. The molecule has 1 amide bonds. The number of carbonyl (C=O) groups is 1. The quantitative estimate of drug-likeness (QED) is 0.638. The van der Waals surface area contributed by atoms with Gasteiger partial charge in [-0.2, -0.15) is 0 Å². The molecule has 0 fully saturated rings. The van der Waals surface area contributed by atoms with Crippen LogP contribution >= 0.6 is 11.3 Å². The van der Waals surface area contributed by atoms with E-state index in [-0.39, 0.29) is 6.61 Å². The van der Waals surface area contributed by atoms with E-state index in [1.54, 1.807) is 6.20 Å². The van der Waals surface area contributed by atoms with Crippen molar-refractivity contribution in [3.63, 3.8) is 0 Å². The summed E-state index contributed by atoms with van der Waals surface area (Å²) in [4.78, 5) is 14.3.